The summed E-state index contributed by atoms with van der Waals surface area (Å²) in [6.45, 7) is 5.41. The third-order valence-corrected chi connectivity index (χ3v) is 4.73. The third kappa shape index (κ3) is 5.65. The van der Waals surface area contributed by atoms with Crippen LogP contribution in [-0.2, 0) is 20.0 Å². The van der Waals surface area contributed by atoms with Gasteiger partial charge in [-0.3, -0.25) is 0 Å². The van der Waals surface area contributed by atoms with Gasteiger partial charge in [-0.15, -0.1) is 0 Å². The van der Waals surface area contributed by atoms with E-state index in [0.29, 0.717) is 17.9 Å². The summed E-state index contributed by atoms with van der Waals surface area (Å²) in [6.07, 6.45) is 1.94. The molecular weight excluding hydrogens is 340 g/mol. The monoisotopic (exact) mass is 364 g/mol. The first kappa shape index (κ1) is 19.7. The van der Waals surface area contributed by atoms with E-state index < -0.39 is 25.8 Å². The van der Waals surface area contributed by atoms with Crippen LogP contribution in [0, 0.1) is 6.92 Å². The van der Waals surface area contributed by atoms with Gasteiger partial charge in [-0.05, 0) is 44.5 Å². The number of aryl methyl sites for hydroxylation is 1. The van der Waals surface area contributed by atoms with Crippen LogP contribution in [0.1, 0.15) is 19.4 Å². The van der Waals surface area contributed by atoms with Gasteiger partial charge in [-0.1, -0.05) is 0 Å². The maximum absolute atomic E-state index is 11.7. The highest BCUT2D eigenvalue weighted by atomic mass is 32.2. The summed E-state index contributed by atoms with van der Waals surface area (Å²) in [7, 11) is -7.36. The van der Waals surface area contributed by atoms with Crippen LogP contribution in [0.2, 0.25) is 0 Å². The number of nitrogen functional groups attached to an aromatic ring is 1. The number of nitrogens with one attached hydrogen (secondary N) is 2. The maximum atomic E-state index is 11.7. The molecule has 0 heterocycles. The van der Waals surface area contributed by atoms with Crippen molar-refractivity contribution in [3.63, 3.8) is 0 Å². The van der Waals surface area contributed by atoms with Gasteiger partial charge >= 0.3 is 0 Å². The zero-order valence-electron chi connectivity index (χ0n) is 13.9. The highest BCUT2D eigenvalue weighted by Crippen LogP contribution is 2.25. The molecule has 0 bridgehead atoms. The summed E-state index contributed by atoms with van der Waals surface area (Å²) >= 11 is 0. The second-order valence-corrected chi connectivity index (χ2v) is 9.10. The van der Waals surface area contributed by atoms with Crippen molar-refractivity contribution in [1.29, 1.82) is 0 Å². The molecule has 0 saturated heterocycles. The first-order chi connectivity index (χ1) is 10.3. The molecule has 1 aromatic rings. The lowest BCUT2D eigenvalue weighted by molar-refractivity contribution is 0.369. The first-order valence-electron chi connectivity index (χ1n) is 6.89. The molecular formula is C13H24N4O4S2. The van der Waals surface area contributed by atoms with E-state index in [1.165, 1.54) is 6.92 Å². The largest absolute Gasteiger partial charge is 0.399 e. The highest BCUT2D eigenvalue weighted by Gasteiger charge is 2.37. The number of benzene rings is 1. The van der Waals surface area contributed by atoms with Crippen LogP contribution >= 0.6 is 0 Å². The number of hydrogen-bond donors (Lipinski definition) is 3. The Balaban J connectivity index is 3.43. The minimum Gasteiger partial charge on any atom is -0.399 e. The van der Waals surface area contributed by atoms with E-state index in [4.69, 9.17) is 5.73 Å². The van der Waals surface area contributed by atoms with Crippen molar-refractivity contribution in [1.82, 2.24) is 9.44 Å². The van der Waals surface area contributed by atoms with Crippen molar-refractivity contribution < 1.29 is 16.8 Å². The predicted octanol–water partition coefficient (Wildman–Crippen LogP) is 0.176. The number of nitrogens with zero attached hydrogens (tertiary/aromatic N) is 1. The van der Waals surface area contributed by atoms with Crippen molar-refractivity contribution in [2.24, 2.45) is 0 Å². The Morgan fingerprint density at radius 2 is 1.61 bits per heavy atom. The molecule has 0 aliphatic heterocycles. The van der Waals surface area contributed by atoms with Gasteiger partial charge in [-0.2, -0.15) is 9.44 Å². The highest BCUT2D eigenvalue weighted by molar-refractivity contribution is 7.89. The molecule has 0 radical (unpaired) electrons. The van der Waals surface area contributed by atoms with Crippen LogP contribution < -0.4 is 20.1 Å². The molecule has 0 saturated carbocycles. The molecule has 0 atom stereocenters. The van der Waals surface area contributed by atoms with E-state index in [2.05, 4.69) is 9.44 Å². The standard InChI is InChI=1S/C13H24N4O4S2/c1-6-17(11-7-8-12(14)10(2)9-11)13(3,15-22(4,18)19)16-23(5,20)21/h7-9,15-16H,6,14H2,1-5H3. The van der Waals surface area contributed by atoms with Gasteiger partial charge in [0.25, 0.3) is 0 Å². The molecule has 0 aliphatic rings. The summed E-state index contributed by atoms with van der Waals surface area (Å²) in [5.74, 6) is -1.56. The molecule has 1 aromatic carbocycles. The number of hydrogen-bond acceptors (Lipinski definition) is 6. The van der Waals surface area contributed by atoms with Gasteiger partial charge < -0.3 is 10.6 Å². The molecule has 0 aliphatic carbocycles. The summed E-state index contributed by atoms with van der Waals surface area (Å²) < 4.78 is 51.6. The predicted molar refractivity (Wildman–Crippen MR) is 93.0 cm³/mol. The fraction of sp³-hybridized carbons (Fsp3) is 0.538. The van der Waals surface area contributed by atoms with Crippen molar-refractivity contribution in [2.45, 2.75) is 26.6 Å². The SMILES string of the molecule is CCN(c1ccc(N)c(C)c1)C(C)(NS(C)(=O)=O)NS(C)(=O)=O. The lowest BCUT2D eigenvalue weighted by Crippen LogP contribution is -2.68. The smallest absolute Gasteiger partial charge is 0.211 e. The van der Waals surface area contributed by atoms with E-state index in [0.717, 1.165) is 18.1 Å². The minimum absolute atomic E-state index is 0.352. The molecule has 8 nitrogen and oxygen atoms in total. The molecule has 132 valence electrons. The second kappa shape index (κ2) is 6.63. The van der Waals surface area contributed by atoms with Crippen LogP contribution in [0.5, 0.6) is 0 Å². The molecule has 23 heavy (non-hydrogen) atoms. The van der Waals surface area contributed by atoms with Crippen molar-refractivity contribution in [3.8, 4) is 0 Å². The Morgan fingerprint density at radius 3 is 1.96 bits per heavy atom. The van der Waals surface area contributed by atoms with Crippen molar-refractivity contribution in [2.75, 3.05) is 29.7 Å². The molecule has 0 unspecified atom stereocenters. The lowest BCUT2D eigenvalue weighted by atomic mass is 10.1. The average Bonchev–Trinajstić information content (AvgIpc) is 2.29. The van der Waals surface area contributed by atoms with Gasteiger partial charge in [0.05, 0.1) is 12.5 Å². The van der Waals surface area contributed by atoms with Gasteiger partial charge in [-0.25, -0.2) is 16.8 Å². The Labute approximate surface area is 138 Å². The molecule has 0 amide bonds. The Morgan fingerprint density at radius 1 is 1.13 bits per heavy atom. The summed E-state index contributed by atoms with van der Waals surface area (Å²) in [5.41, 5.74) is 7.84. The molecule has 0 spiro atoms. The normalized spacial score (nSPS) is 13.1. The number of sulfonamides is 2. The van der Waals surface area contributed by atoms with Crippen LogP contribution in [0.15, 0.2) is 18.2 Å². The number of anilines is 2. The third-order valence-electron chi connectivity index (χ3n) is 3.19. The van der Waals surface area contributed by atoms with Crippen LogP contribution in [0.25, 0.3) is 0 Å². The van der Waals surface area contributed by atoms with Crippen molar-refractivity contribution in [3.05, 3.63) is 23.8 Å². The summed E-state index contributed by atoms with van der Waals surface area (Å²) in [6, 6.07) is 5.16. The molecule has 1 rings (SSSR count). The van der Waals surface area contributed by atoms with E-state index in [1.54, 1.807) is 30.0 Å². The molecule has 0 fully saturated rings. The van der Waals surface area contributed by atoms with Gasteiger partial charge in [0.15, 0.2) is 5.79 Å². The number of nitrogens with two attached hydrogens (primary N) is 1. The van der Waals surface area contributed by atoms with E-state index in [9.17, 15) is 16.8 Å². The fourth-order valence-corrected chi connectivity index (χ4v) is 4.27. The number of rotatable bonds is 7. The minimum atomic E-state index is -3.68. The summed E-state index contributed by atoms with van der Waals surface area (Å²) in [4.78, 5) is 1.60. The molecule has 10 heteroatoms. The average molecular weight is 364 g/mol. The fourth-order valence-electron chi connectivity index (χ4n) is 2.44. The van der Waals surface area contributed by atoms with E-state index in [-0.39, 0.29) is 0 Å². The van der Waals surface area contributed by atoms with Gasteiger partial charge in [0.1, 0.15) is 0 Å². The first-order valence-corrected chi connectivity index (χ1v) is 10.7. The van der Waals surface area contributed by atoms with Gasteiger partial charge in [0.2, 0.25) is 20.0 Å². The van der Waals surface area contributed by atoms with Crippen LogP contribution in [0.3, 0.4) is 0 Å². The second-order valence-electron chi connectivity index (χ2n) is 5.61. The lowest BCUT2D eigenvalue weighted by Gasteiger charge is -2.42. The Hall–Kier alpha value is -1.36. The molecule has 4 N–H and O–H groups in total. The zero-order chi connectivity index (χ0) is 18.1. The van der Waals surface area contributed by atoms with Crippen molar-refractivity contribution >= 4 is 31.4 Å². The quantitative estimate of drug-likeness (QED) is 0.468. The topological polar surface area (TPSA) is 122 Å². The maximum Gasteiger partial charge on any atom is 0.211 e. The van der Waals surface area contributed by atoms with E-state index in [1.807, 2.05) is 6.92 Å². The zero-order valence-corrected chi connectivity index (χ0v) is 15.5. The van der Waals surface area contributed by atoms with E-state index >= 15 is 0 Å². The Bertz CT molecular complexity index is 741. The summed E-state index contributed by atoms with van der Waals surface area (Å²) in [5, 5.41) is 0. The van der Waals surface area contributed by atoms with Crippen LogP contribution in [-0.4, -0.2) is 41.7 Å². The van der Waals surface area contributed by atoms with Gasteiger partial charge in [0, 0.05) is 17.9 Å². The van der Waals surface area contributed by atoms with Crippen LogP contribution in [0.4, 0.5) is 11.4 Å². The Kier molecular flexibility index (Phi) is 5.68. The molecule has 0 aromatic heterocycles.